The molecule has 0 atom stereocenters. The predicted molar refractivity (Wildman–Crippen MR) is 163 cm³/mol. The Morgan fingerprint density at radius 1 is 1.02 bits per heavy atom. The van der Waals surface area contributed by atoms with Gasteiger partial charge in [-0.3, -0.25) is 19.6 Å². The number of carbonyl (C=O) groups is 2. The fourth-order valence-electron chi connectivity index (χ4n) is 4.89. The molecule has 3 heterocycles. The van der Waals surface area contributed by atoms with Crippen LogP contribution in [-0.4, -0.2) is 31.9 Å². The second-order valence-corrected chi connectivity index (χ2v) is 11.4. The number of fused-ring (bicyclic) bond motifs is 1. The van der Waals surface area contributed by atoms with E-state index in [9.17, 15) is 19.1 Å². The number of aromatic nitrogens is 2. The predicted octanol–water partition coefficient (Wildman–Crippen LogP) is 7.76. The van der Waals surface area contributed by atoms with Crippen molar-refractivity contribution in [2.45, 2.75) is 52.6 Å². The van der Waals surface area contributed by atoms with Crippen molar-refractivity contribution in [3.8, 4) is 11.1 Å². The molecule has 220 valence electrons. The number of hydrogen-bond donors (Lipinski definition) is 1. The van der Waals surface area contributed by atoms with Gasteiger partial charge in [-0.1, -0.05) is 30.7 Å². The van der Waals surface area contributed by atoms with E-state index in [1.165, 1.54) is 26.0 Å². The number of carboxylic acids is 1. The number of hydrogen-bond acceptors (Lipinski definition) is 5. The monoisotopic (exact) mass is 599 g/mol. The topological polar surface area (TPSA) is 96.5 Å². The Morgan fingerprint density at radius 2 is 1.81 bits per heavy atom. The van der Waals surface area contributed by atoms with Crippen LogP contribution in [0.3, 0.4) is 0 Å². The lowest BCUT2D eigenvalue weighted by Gasteiger charge is -2.24. The lowest BCUT2D eigenvalue weighted by molar-refractivity contribution is -0.142. The molecule has 0 aliphatic heterocycles. The number of carbonyl (C=O) groups excluding carboxylic acids is 1. The third-order valence-corrected chi connectivity index (χ3v) is 7.89. The van der Waals surface area contributed by atoms with Gasteiger partial charge >= 0.3 is 5.97 Å². The minimum absolute atomic E-state index is 0.163. The average molecular weight is 600 g/mol. The number of benzene rings is 2. The first-order valence-corrected chi connectivity index (χ1v) is 14.3. The molecule has 43 heavy (non-hydrogen) atoms. The molecule has 5 rings (SSSR count). The molecule has 5 aromatic rings. The Bertz CT molecular complexity index is 1850. The molecule has 0 saturated carbocycles. The molecule has 0 spiro atoms. The van der Waals surface area contributed by atoms with Crippen molar-refractivity contribution >= 4 is 34.5 Å². The van der Waals surface area contributed by atoms with Crippen molar-refractivity contribution < 1.29 is 23.5 Å². The number of furan rings is 1. The SMILES string of the molecule is CCc1cc(C(=O)N(Cc2ccc(C)o2)Cc2ccc(-c3cc(F)cc(C(C)(C)C(=O)O)c3)cc2Cl)c2ncccc2n1. The van der Waals surface area contributed by atoms with E-state index in [0.29, 0.717) is 56.1 Å². The molecule has 3 aromatic heterocycles. The zero-order chi connectivity index (χ0) is 30.9. The summed E-state index contributed by atoms with van der Waals surface area (Å²) in [5.41, 5.74) is 3.21. The molecule has 0 bridgehead atoms. The molecule has 9 heteroatoms. The van der Waals surface area contributed by atoms with Gasteiger partial charge in [0.2, 0.25) is 0 Å². The van der Waals surface area contributed by atoms with Crippen LogP contribution in [0.5, 0.6) is 0 Å². The third kappa shape index (κ3) is 6.29. The number of amides is 1. The summed E-state index contributed by atoms with van der Waals surface area (Å²) in [5.74, 6) is -0.501. The number of rotatable bonds is 9. The summed E-state index contributed by atoms with van der Waals surface area (Å²) in [6.45, 7) is 7.24. The Morgan fingerprint density at radius 3 is 2.49 bits per heavy atom. The van der Waals surface area contributed by atoms with Gasteiger partial charge in [0.15, 0.2) is 0 Å². The minimum Gasteiger partial charge on any atom is -0.481 e. The number of nitrogens with zero attached hydrogens (tertiary/aromatic N) is 3. The number of aryl methyl sites for hydroxylation is 2. The summed E-state index contributed by atoms with van der Waals surface area (Å²) in [7, 11) is 0. The Kier molecular flexibility index (Phi) is 8.33. The maximum atomic E-state index is 14.6. The van der Waals surface area contributed by atoms with Crippen molar-refractivity contribution in [1.82, 2.24) is 14.9 Å². The minimum atomic E-state index is -1.28. The second kappa shape index (κ2) is 12.0. The lowest BCUT2D eigenvalue weighted by Crippen LogP contribution is -2.30. The van der Waals surface area contributed by atoms with Crippen LogP contribution in [0.25, 0.3) is 22.2 Å². The average Bonchev–Trinajstić information content (AvgIpc) is 3.40. The molecule has 1 amide bonds. The summed E-state index contributed by atoms with van der Waals surface area (Å²) in [5, 5.41) is 10.0. The van der Waals surface area contributed by atoms with Crippen LogP contribution in [0.15, 0.2) is 77.3 Å². The normalized spacial score (nSPS) is 11.6. The summed E-state index contributed by atoms with van der Waals surface area (Å²) < 4.78 is 20.4. The maximum absolute atomic E-state index is 14.6. The third-order valence-electron chi connectivity index (χ3n) is 7.54. The van der Waals surface area contributed by atoms with E-state index in [1.54, 1.807) is 47.5 Å². The van der Waals surface area contributed by atoms with Crippen LogP contribution >= 0.6 is 11.6 Å². The molecular weight excluding hydrogens is 569 g/mol. The van der Waals surface area contributed by atoms with Crippen LogP contribution < -0.4 is 0 Å². The highest BCUT2D eigenvalue weighted by atomic mass is 35.5. The molecule has 0 fully saturated rings. The molecule has 0 radical (unpaired) electrons. The summed E-state index contributed by atoms with van der Waals surface area (Å²) in [4.78, 5) is 36.7. The number of carboxylic acid groups (broad SMARTS) is 1. The molecule has 7 nitrogen and oxygen atoms in total. The molecule has 0 aliphatic rings. The fraction of sp³-hybridized carbons (Fsp3) is 0.235. The van der Waals surface area contributed by atoms with Gasteiger partial charge < -0.3 is 14.4 Å². The zero-order valence-electron chi connectivity index (χ0n) is 24.3. The van der Waals surface area contributed by atoms with Gasteiger partial charge in [-0.25, -0.2) is 4.39 Å². The quantitative estimate of drug-likeness (QED) is 0.186. The van der Waals surface area contributed by atoms with Gasteiger partial charge in [0, 0.05) is 23.5 Å². The lowest BCUT2D eigenvalue weighted by atomic mass is 9.83. The van der Waals surface area contributed by atoms with E-state index >= 15 is 0 Å². The Balaban J connectivity index is 1.52. The largest absolute Gasteiger partial charge is 0.481 e. The highest BCUT2D eigenvalue weighted by Crippen LogP contribution is 2.32. The van der Waals surface area contributed by atoms with Gasteiger partial charge in [0.1, 0.15) is 22.9 Å². The standard InChI is InChI=1S/C34H31ClFN3O4/c1-5-26-17-28(31-30(38-26)7-6-12-37-31)32(40)39(19-27-11-8-20(2)43-27)18-22-10-9-21(15-29(22)35)23-13-24(16-25(36)14-23)34(3,4)33(41)42/h6-17H,5,18-19H2,1-4H3,(H,41,42). The van der Waals surface area contributed by atoms with Crippen molar-refractivity contribution in [3.63, 3.8) is 0 Å². The summed E-state index contributed by atoms with van der Waals surface area (Å²) >= 11 is 6.77. The zero-order valence-corrected chi connectivity index (χ0v) is 25.1. The van der Waals surface area contributed by atoms with Gasteiger partial charge in [-0.2, -0.15) is 0 Å². The molecule has 0 saturated heterocycles. The molecule has 1 N–H and O–H groups in total. The van der Waals surface area contributed by atoms with Gasteiger partial charge in [0.25, 0.3) is 5.91 Å². The first-order valence-electron chi connectivity index (χ1n) is 13.9. The van der Waals surface area contributed by atoms with Gasteiger partial charge in [-0.15, -0.1) is 0 Å². The van der Waals surface area contributed by atoms with Crippen LogP contribution in [0.4, 0.5) is 4.39 Å². The van der Waals surface area contributed by atoms with E-state index in [2.05, 4.69) is 9.97 Å². The van der Waals surface area contributed by atoms with E-state index in [-0.39, 0.29) is 19.0 Å². The first-order chi connectivity index (χ1) is 20.5. The fourth-order valence-corrected chi connectivity index (χ4v) is 5.13. The van der Waals surface area contributed by atoms with E-state index < -0.39 is 17.2 Å². The van der Waals surface area contributed by atoms with E-state index in [4.69, 9.17) is 16.0 Å². The Labute approximate surface area is 254 Å². The maximum Gasteiger partial charge on any atom is 0.313 e. The summed E-state index contributed by atoms with van der Waals surface area (Å²) in [6.07, 6.45) is 2.29. The smallest absolute Gasteiger partial charge is 0.313 e. The van der Waals surface area contributed by atoms with Crippen molar-refractivity contribution in [3.05, 3.63) is 118 Å². The summed E-state index contributed by atoms with van der Waals surface area (Å²) in [6, 6.07) is 18.6. The van der Waals surface area contributed by atoms with Gasteiger partial charge in [-0.05, 0) is 104 Å². The van der Waals surface area contributed by atoms with Crippen molar-refractivity contribution in [2.75, 3.05) is 0 Å². The van der Waals surface area contributed by atoms with Crippen molar-refractivity contribution in [2.24, 2.45) is 0 Å². The number of halogens is 2. The van der Waals surface area contributed by atoms with Crippen LogP contribution in [0.2, 0.25) is 5.02 Å². The first kappa shape index (κ1) is 29.9. The van der Waals surface area contributed by atoms with Crippen LogP contribution in [0.1, 0.15) is 59.5 Å². The van der Waals surface area contributed by atoms with E-state index in [1.807, 2.05) is 32.0 Å². The molecule has 0 aliphatic carbocycles. The number of pyridine rings is 2. The molecular formula is C34H31ClFN3O4. The van der Waals surface area contributed by atoms with Crippen molar-refractivity contribution in [1.29, 1.82) is 0 Å². The molecule has 0 unspecified atom stereocenters. The Hall–Kier alpha value is -4.56. The highest BCUT2D eigenvalue weighted by Gasteiger charge is 2.30. The van der Waals surface area contributed by atoms with E-state index in [0.717, 1.165) is 11.5 Å². The van der Waals surface area contributed by atoms with Gasteiger partial charge in [0.05, 0.1) is 23.0 Å². The molecule has 2 aromatic carbocycles. The highest BCUT2D eigenvalue weighted by molar-refractivity contribution is 6.31. The number of aliphatic carboxylic acids is 1. The second-order valence-electron chi connectivity index (χ2n) is 11.0. The van der Waals surface area contributed by atoms with Crippen LogP contribution in [-0.2, 0) is 29.7 Å². The van der Waals surface area contributed by atoms with Crippen LogP contribution in [0, 0.1) is 12.7 Å².